The van der Waals surface area contributed by atoms with E-state index in [2.05, 4.69) is 10.0 Å². The number of sulfonamides is 1. The Kier molecular flexibility index (Phi) is 7.45. The number of methoxy groups -OCH3 is 1. The second kappa shape index (κ2) is 9.84. The van der Waals surface area contributed by atoms with Crippen molar-refractivity contribution in [2.45, 2.75) is 56.4 Å². The van der Waals surface area contributed by atoms with Crippen molar-refractivity contribution >= 4 is 33.0 Å². The van der Waals surface area contributed by atoms with Crippen LogP contribution < -0.4 is 10.0 Å². The van der Waals surface area contributed by atoms with Gasteiger partial charge >= 0.3 is 0 Å². The maximum Gasteiger partial charge on any atom is 0.265 e. The van der Waals surface area contributed by atoms with Gasteiger partial charge in [0, 0.05) is 23.7 Å². The summed E-state index contributed by atoms with van der Waals surface area (Å²) in [5.41, 5.74) is 1.87. The zero-order chi connectivity index (χ0) is 20.9. The fourth-order valence-corrected chi connectivity index (χ4v) is 5.86. The first-order valence-electron chi connectivity index (χ1n) is 9.93. The summed E-state index contributed by atoms with van der Waals surface area (Å²) >= 11 is 1.57. The third kappa shape index (κ3) is 5.88. The highest BCUT2D eigenvalue weighted by molar-refractivity contribution is 7.89. The van der Waals surface area contributed by atoms with E-state index in [1.165, 1.54) is 55.4 Å². The Morgan fingerprint density at radius 2 is 1.83 bits per heavy atom. The molecule has 1 aromatic heterocycles. The van der Waals surface area contributed by atoms with Crippen LogP contribution in [-0.4, -0.2) is 34.1 Å². The largest absolute Gasteiger partial charge is 0.383 e. The van der Waals surface area contributed by atoms with Gasteiger partial charge in [-0.1, -0.05) is 12.8 Å². The summed E-state index contributed by atoms with van der Waals surface area (Å²) in [6.45, 7) is 2.03. The highest BCUT2D eigenvalue weighted by Crippen LogP contribution is 2.29. The molecule has 1 heterocycles. The van der Waals surface area contributed by atoms with Gasteiger partial charge in [0.05, 0.1) is 16.4 Å². The molecule has 2 N–H and O–H groups in total. The average molecular weight is 437 g/mol. The van der Waals surface area contributed by atoms with E-state index in [4.69, 9.17) is 4.74 Å². The molecule has 1 unspecified atom stereocenters. The van der Waals surface area contributed by atoms with Crippen molar-refractivity contribution in [3.8, 4) is 0 Å². The minimum atomic E-state index is -3.63. The smallest absolute Gasteiger partial charge is 0.265 e. The number of anilines is 1. The number of rotatable bonds is 7. The molecule has 1 amide bonds. The fourth-order valence-electron chi connectivity index (χ4n) is 3.48. The van der Waals surface area contributed by atoms with Gasteiger partial charge in [-0.2, -0.15) is 0 Å². The highest BCUT2D eigenvalue weighted by Gasteiger charge is 2.19. The molecule has 29 heavy (non-hydrogen) atoms. The third-order valence-corrected chi connectivity index (χ3v) is 7.76. The summed E-state index contributed by atoms with van der Waals surface area (Å²) in [6.07, 6.45) is 6.96. The van der Waals surface area contributed by atoms with E-state index < -0.39 is 10.0 Å². The second-order valence-electron chi connectivity index (χ2n) is 7.43. The van der Waals surface area contributed by atoms with Crippen LogP contribution in [0.1, 0.15) is 52.7 Å². The molecule has 3 rings (SSSR count). The molecule has 0 spiro atoms. The van der Waals surface area contributed by atoms with Crippen LogP contribution >= 0.6 is 11.3 Å². The molecule has 0 saturated carbocycles. The zero-order valence-electron chi connectivity index (χ0n) is 16.9. The minimum absolute atomic E-state index is 0.149. The first-order valence-corrected chi connectivity index (χ1v) is 12.2. The molecule has 0 aliphatic heterocycles. The van der Waals surface area contributed by atoms with Gasteiger partial charge in [0.25, 0.3) is 5.91 Å². The number of aryl methyl sites for hydroxylation is 2. The molecule has 158 valence electrons. The average Bonchev–Trinajstić information content (AvgIpc) is 3.04. The van der Waals surface area contributed by atoms with Gasteiger partial charge in [0.1, 0.15) is 0 Å². The number of amides is 1. The van der Waals surface area contributed by atoms with Crippen LogP contribution in [0.5, 0.6) is 0 Å². The molecule has 0 saturated heterocycles. The standard InChI is InChI=1S/C21H28N2O4S2/c1-15(14-27-2)23-29(25,26)18-11-9-17(10-12-18)22-21(24)20-13-16-7-5-3-4-6-8-19(16)28-20/h9-13,15,23H,3-8,14H2,1-2H3,(H,22,24). The molecular weight excluding hydrogens is 408 g/mol. The van der Waals surface area contributed by atoms with Crippen LogP contribution in [0.4, 0.5) is 5.69 Å². The number of hydrogen-bond acceptors (Lipinski definition) is 5. The summed E-state index contributed by atoms with van der Waals surface area (Å²) in [5, 5.41) is 2.87. The molecule has 0 bridgehead atoms. The van der Waals surface area contributed by atoms with E-state index in [9.17, 15) is 13.2 Å². The Balaban J connectivity index is 1.66. The van der Waals surface area contributed by atoms with Crippen molar-refractivity contribution in [3.63, 3.8) is 0 Å². The van der Waals surface area contributed by atoms with Gasteiger partial charge in [-0.05, 0) is 68.5 Å². The Hall–Kier alpha value is -1.74. The van der Waals surface area contributed by atoms with Crippen LogP contribution in [0.3, 0.4) is 0 Å². The minimum Gasteiger partial charge on any atom is -0.383 e. The quantitative estimate of drug-likeness (QED) is 0.688. The van der Waals surface area contributed by atoms with Gasteiger partial charge in [0.2, 0.25) is 10.0 Å². The van der Waals surface area contributed by atoms with Crippen LogP contribution in [0, 0.1) is 0 Å². The Morgan fingerprint density at radius 1 is 1.14 bits per heavy atom. The zero-order valence-corrected chi connectivity index (χ0v) is 18.5. The Labute approximate surface area is 176 Å². The summed E-state index contributed by atoms with van der Waals surface area (Å²) in [6, 6.07) is 7.88. The van der Waals surface area contributed by atoms with Crippen molar-refractivity contribution in [3.05, 3.63) is 45.6 Å². The molecule has 1 aliphatic carbocycles. The molecule has 6 nitrogen and oxygen atoms in total. The van der Waals surface area contributed by atoms with Crippen molar-refractivity contribution < 1.29 is 17.9 Å². The number of fused-ring (bicyclic) bond motifs is 1. The normalized spacial score (nSPS) is 15.8. The van der Waals surface area contributed by atoms with Crippen LogP contribution in [0.25, 0.3) is 0 Å². The lowest BCUT2D eigenvalue weighted by molar-refractivity contribution is 0.103. The summed E-state index contributed by atoms with van der Waals surface area (Å²) in [7, 11) is -2.11. The lowest BCUT2D eigenvalue weighted by Gasteiger charge is -2.13. The van der Waals surface area contributed by atoms with Crippen LogP contribution in [0.15, 0.2) is 35.2 Å². The molecule has 1 aliphatic rings. The summed E-state index contributed by atoms with van der Waals surface area (Å²) in [4.78, 5) is 14.8. The number of ether oxygens (including phenoxy) is 1. The Bertz CT molecular complexity index is 911. The number of thiophene rings is 1. The molecule has 1 atom stereocenters. The van der Waals surface area contributed by atoms with E-state index >= 15 is 0 Å². The van der Waals surface area contributed by atoms with Gasteiger partial charge < -0.3 is 10.1 Å². The maximum atomic E-state index is 12.7. The van der Waals surface area contributed by atoms with Crippen molar-refractivity contribution in [1.82, 2.24) is 4.72 Å². The van der Waals surface area contributed by atoms with Gasteiger partial charge in [0.15, 0.2) is 0 Å². The second-order valence-corrected chi connectivity index (χ2v) is 10.3. The molecule has 2 aromatic rings. The monoisotopic (exact) mass is 436 g/mol. The van der Waals surface area contributed by atoms with Gasteiger partial charge in [-0.3, -0.25) is 4.79 Å². The topological polar surface area (TPSA) is 84.5 Å². The van der Waals surface area contributed by atoms with Gasteiger partial charge in [-0.25, -0.2) is 13.1 Å². The van der Waals surface area contributed by atoms with Crippen molar-refractivity contribution in [2.75, 3.05) is 19.0 Å². The van der Waals surface area contributed by atoms with Crippen LogP contribution in [0.2, 0.25) is 0 Å². The lowest BCUT2D eigenvalue weighted by atomic mass is 10.00. The van der Waals surface area contributed by atoms with Gasteiger partial charge in [-0.15, -0.1) is 11.3 Å². The SMILES string of the molecule is COCC(C)NS(=O)(=O)c1ccc(NC(=O)c2cc3c(s2)CCCCCC3)cc1. The maximum absolute atomic E-state index is 12.7. The number of nitrogens with one attached hydrogen (secondary N) is 2. The Morgan fingerprint density at radius 3 is 2.52 bits per heavy atom. The van der Waals surface area contributed by atoms with Crippen molar-refractivity contribution in [1.29, 1.82) is 0 Å². The first-order chi connectivity index (χ1) is 13.9. The molecule has 1 aromatic carbocycles. The predicted octanol–water partition coefficient (Wildman–Crippen LogP) is 3.97. The van der Waals surface area contributed by atoms with E-state index in [1.807, 2.05) is 6.07 Å². The van der Waals surface area contributed by atoms with E-state index in [1.54, 1.807) is 30.4 Å². The number of hydrogen-bond donors (Lipinski definition) is 2. The summed E-state index contributed by atoms with van der Waals surface area (Å²) < 4.78 is 32.3. The predicted molar refractivity (Wildman–Crippen MR) is 116 cm³/mol. The van der Waals surface area contributed by atoms with E-state index in [0.717, 1.165) is 12.8 Å². The molecule has 0 radical (unpaired) electrons. The molecular formula is C21H28N2O4S2. The van der Waals surface area contributed by atoms with Crippen LogP contribution in [-0.2, 0) is 27.6 Å². The number of benzene rings is 1. The number of carbonyl (C=O) groups is 1. The third-order valence-electron chi connectivity index (χ3n) is 4.92. The van der Waals surface area contributed by atoms with E-state index in [0.29, 0.717) is 10.6 Å². The molecule has 8 heteroatoms. The first kappa shape index (κ1) is 22.0. The number of carbonyl (C=O) groups excluding carboxylic acids is 1. The fraction of sp³-hybridized carbons (Fsp3) is 0.476. The highest BCUT2D eigenvalue weighted by atomic mass is 32.2. The van der Waals surface area contributed by atoms with Crippen molar-refractivity contribution in [2.24, 2.45) is 0 Å². The van der Waals surface area contributed by atoms with E-state index in [-0.39, 0.29) is 23.5 Å². The summed E-state index contributed by atoms with van der Waals surface area (Å²) in [5.74, 6) is -0.149. The molecule has 0 fully saturated rings. The lowest BCUT2D eigenvalue weighted by Crippen LogP contribution is -2.35.